The molecule has 0 aromatic carbocycles. The maximum atomic E-state index is 14.3. The number of piperidine rings is 1. The van der Waals surface area contributed by atoms with Gasteiger partial charge in [0, 0.05) is 13.1 Å². The van der Waals surface area contributed by atoms with Crippen molar-refractivity contribution in [2.24, 2.45) is 34.5 Å². The van der Waals surface area contributed by atoms with E-state index < -0.39 is 65.1 Å². The molecule has 3 fully saturated rings. The first-order valence-corrected chi connectivity index (χ1v) is 17.2. The van der Waals surface area contributed by atoms with Crippen molar-refractivity contribution in [3.05, 3.63) is 12.7 Å². The zero-order valence-electron chi connectivity index (χ0n) is 29.7. The molecule has 2 saturated carbocycles. The van der Waals surface area contributed by atoms with Gasteiger partial charge in [-0.3, -0.25) is 19.2 Å². The lowest BCUT2D eigenvalue weighted by molar-refractivity contribution is -0.152. The first kappa shape index (κ1) is 38.0. The molecule has 2 aliphatic carbocycles. The summed E-state index contributed by atoms with van der Waals surface area (Å²) in [4.78, 5) is 81.7. The highest BCUT2D eigenvalue weighted by molar-refractivity contribution is 6.38. The van der Waals surface area contributed by atoms with E-state index >= 15 is 0 Å². The van der Waals surface area contributed by atoms with Gasteiger partial charge in [-0.15, -0.1) is 6.58 Å². The highest BCUT2D eigenvalue weighted by Crippen LogP contribution is 2.65. The van der Waals surface area contributed by atoms with Crippen LogP contribution in [-0.2, 0) is 28.7 Å². The second-order valence-electron chi connectivity index (χ2n) is 15.6. The van der Waals surface area contributed by atoms with E-state index in [1.807, 2.05) is 48.5 Å². The summed E-state index contributed by atoms with van der Waals surface area (Å²) in [6, 6.07) is -4.55. The number of amides is 5. The number of urea groups is 1. The molecule has 12 heteroatoms. The van der Waals surface area contributed by atoms with E-state index in [1.54, 1.807) is 0 Å². The molecular weight excluding hydrogens is 602 g/mol. The molecule has 1 saturated heterocycles. The Bertz CT molecular complexity index is 1220. The van der Waals surface area contributed by atoms with Crippen molar-refractivity contribution < 1.29 is 33.5 Å². The van der Waals surface area contributed by atoms with E-state index in [0.717, 1.165) is 19.3 Å². The van der Waals surface area contributed by atoms with Crippen LogP contribution < -0.4 is 21.3 Å². The summed E-state index contributed by atoms with van der Waals surface area (Å²) in [6.07, 6.45) is 4.92. The molecule has 0 aromatic heterocycles. The normalized spacial score (nSPS) is 23.8. The Morgan fingerprint density at radius 3 is 2.19 bits per heavy atom. The largest absolute Gasteiger partial charge is 0.461 e. The van der Waals surface area contributed by atoms with Crippen LogP contribution in [0.15, 0.2) is 12.7 Å². The molecule has 5 amide bonds. The molecule has 2 unspecified atom stereocenters. The van der Waals surface area contributed by atoms with Gasteiger partial charge in [0.1, 0.15) is 24.2 Å². The maximum Gasteiger partial charge on any atom is 0.329 e. The summed E-state index contributed by atoms with van der Waals surface area (Å²) in [5, 5.41) is 10.8. The van der Waals surface area contributed by atoms with Crippen LogP contribution in [0.25, 0.3) is 0 Å². The van der Waals surface area contributed by atoms with Crippen LogP contribution in [-0.4, -0.2) is 83.8 Å². The molecule has 264 valence electrons. The first-order valence-electron chi connectivity index (χ1n) is 17.2. The molecule has 0 aromatic rings. The Morgan fingerprint density at radius 1 is 1.02 bits per heavy atom. The lowest BCUT2D eigenvalue weighted by atomic mass is 9.85. The summed E-state index contributed by atoms with van der Waals surface area (Å²) < 4.78 is 5.63. The van der Waals surface area contributed by atoms with Gasteiger partial charge in [0.2, 0.25) is 17.6 Å². The van der Waals surface area contributed by atoms with E-state index in [-0.39, 0.29) is 42.2 Å². The van der Waals surface area contributed by atoms with Crippen LogP contribution in [0.2, 0.25) is 0 Å². The minimum atomic E-state index is -1.04. The van der Waals surface area contributed by atoms with Crippen LogP contribution in [0, 0.1) is 34.5 Å². The highest BCUT2D eigenvalue weighted by Gasteiger charge is 2.70. The van der Waals surface area contributed by atoms with Crippen LogP contribution in [0.5, 0.6) is 0 Å². The molecule has 4 N–H and O–H groups in total. The number of esters is 1. The topological polar surface area (TPSA) is 163 Å². The van der Waals surface area contributed by atoms with Crippen molar-refractivity contribution in [2.45, 2.75) is 125 Å². The van der Waals surface area contributed by atoms with Crippen molar-refractivity contribution in [1.82, 2.24) is 26.2 Å². The number of rotatable bonds is 16. The Kier molecular flexibility index (Phi) is 12.3. The van der Waals surface area contributed by atoms with Crippen molar-refractivity contribution in [3.63, 3.8) is 0 Å². The third-order valence-electron chi connectivity index (χ3n) is 10.1. The fraction of sp³-hybridized carbons (Fsp3) is 0.771. The third kappa shape index (κ3) is 9.13. The average Bonchev–Trinajstić information content (AvgIpc) is 3.87. The van der Waals surface area contributed by atoms with Crippen LogP contribution >= 0.6 is 0 Å². The number of hydrogen-bond acceptors (Lipinski definition) is 7. The number of carbonyl (C=O) groups excluding carboxylic acids is 6. The molecular formula is C35H57N5O7. The maximum absolute atomic E-state index is 14.3. The standard InChI is InChI=1S/C35H57N5O7/c1-11-13-14-23(27(41)30(43)36-17-12-2)37-29(42)26-24-22(35(24,9)10)18-40(26)31(44)28(34(6,7)8)39-33(46)38-25(19(3)4)32(45)47-20(5)21-15-16-21/h12,19-26,28H,2,11,13-18H2,1,3-10H3,(H,36,43)(H,37,42)(H2,38,39,46)/t20?,22-,23?,24-,25-,26-,28+/m0/s1. The number of Topliss-reactive ketones (excluding diaryl/α,β-unsaturated/α-hetero) is 1. The van der Waals surface area contributed by atoms with Gasteiger partial charge >= 0.3 is 12.0 Å². The fourth-order valence-corrected chi connectivity index (χ4v) is 6.70. The summed E-state index contributed by atoms with van der Waals surface area (Å²) in [5.74, 6) is -2.98. The lowest BCUT2D eigenvalue weighted by Crippen LogP contribution is -2.62. The van der Waals surface area contributed by atoms with E-state index in [9.17, 15) is 28.8 Å². The second kappa shape index (κ2) is 15.2. The molecule has 0 spiro atoms. The number of unbranched alkanes of at least 4 members (excludes halogenated alkanes) is 1. The number of nitrogens with zero attached hydrogens (tertiary/aromatic N) is 1. The summed E-state index contributed by atoms with van der Waals surface area (Å²) >= 11 is 0. The van der Waals surface area contributed by atoms with Crippen LogP contribution in [0.1, 0.15) is 94.4 Å². The van der Waals surface area contributed by atoms with Gasteiger partial charge in [0.25, 0.3) is 5.91 Å². The van der Waals surface area contributed by atoms with Crippen molar-refractivity contribution in [3.8, 4) is 0 Å². The Labute approximate surface area is 279 Å². The third-order valence-corrected chi connectivity index (χ3v) is 10.1. The zero-order valence-corrected chi connectivity index (χ0v) is 29.7. The van der Waals surface area contributed by atoms with Crippen LogP contribution in [0.3, 0.4) is 0 Å². The quantitative estimate of drug-likeness (QED) is 0.112. The Balaban J connectivity index is 1.79. The summed E-state index contributed by atoms with van der Waals surface area (Å²) in [5.41, 5.74) is -0.956. The number of ketones is 1. The summed E-state index contributed by atoms with van der Waals surface area (Å²) in [7, 11) is 0. The number of nitrogens with one attached hydrogen (secondary N) is 4. The van der Waals surface area contributed by atoms with E-state index in [1.165, 1.54) is 11.0 Å². The molecule has 7 atom stereocenters. The second-order valence-corrected chi connectivity index (χ2v) is 15.6. The predicted molar refractivity (Wildman–Crippen MR) is 178 cm³/mol. The van der Waals surface area contributed by atoms with Crippen molar-refractivity contribution in [2.75, 3.05) is 13.1 Å². The minimum absolute atomic E-state index is 0.0610. The van der Waals surface area contributed by atoms with Gasteiger partial charge in [0.05, 0.1) is 6.04 Å². The smallest absolute Gasteiger partial charge is 0.329 e. The molecule has 0 bridgehead atoms. The molecule has 1 aliphatic heterocycles. The monoisotopic (exact) mass is 659 g/mol. The minimum Gasteiger partial charge on any atom is -0.461 e. The number of carbonyl (C=O) groups is 6. The molecule has 47 heavy (non-hydrogen) atoms. The zero-order chi connectivity index (χ0) is 35.4. The number of fused-ring (bicyclic) bond motifs is 1. The van der Waals surface area contributed by atoms with Crippen molar-refractivity contribution >= 4 is 35.5 Å². The van der Waals surface area contributed by atoms with Gasteiger partial charge in [-0.1, -0.05) is 74.3 Å². The molecule has 3 aliphatic rings. The van der Waals surface area contributed by atoms with E-state index in [2.05, 4.69) is 41.7 Å². The van der Waals surface area contributed by atoms with Crippen molar-refractivity contribution in [1.29, 1.82) is 0 Å². The first-order chi connectivity index (χ1) is 21.9. The number of ether oxygens (including phenoxy) is 1. The molecule has 12 nitrogen and oxygen atoms in total. The Morgan fingerprint density at radius 2 is 1.66 bits per heavy atom. The van der Waals surface area contributed by atoms with E-state index in [0.29, 0.717) is 18.9 Å². The van der Waals surface area contributed by atoms with Gasteiger partial charge < -0.3 is 30.9 Å². The number of hydrogen-bond donors (Lipinski definition) is 4. The van der Waals surface area contributed by atoms with E-state index in [4.69, 9.17) is 4.74 Å². The predicted octanol–water partition coefficient (Wildman–Crippen LogP) is 3.10. The molecule has 0 radical (unpaired) electrons. The van der Waals surface area contributed by atoms with Gasteiger partial charge in [-0.25, -0.2) is 9.59 Å². The van der Waals surface area contributed by atoms with Crippen LogP contribution in [0.4, 0.5) is 4.79 Å². The van der Waals surface area contributed by atoms with Gasteiger partial charge in [-0.05, 0) is 60.7 Å². The fourth-order valence-electron chi connectivity index (χ4n) is 6.70. The lowest BCUT2D eigenvalue weighted by Gasteiger charge is -2.38. The molecule has 1 heterocycles. The van der Waals surface area contributed by atoms with Gasteiger partial charge in [-0.2, -0.15) is 0 Å². The highest BCUT2D eigenvalue weighted by atomic mass is 16.5. The van der Waals surface area contributed by atoms with Gasteiger partial charge in [0.15, 0.2) is 0 Å². The Hall–Kier alpha value is -3.44. The number of likely N-dealkylation sites (tertiary alicyclic amines) is 1. The summed E-state index contributed by atoms with van der Waals surface area (Å²) in [6.45, 7) is 21.0. The average molecular weight is 660 g/mol. The molecule has 3 rings (SSSR count). The SMILES string of the molecule is C=CCNC(=O)C(=O)C(CCCC)NC(=O)[C@@H]1[C@@H]2[C@H](CN1C(=O)[C@@H](NC(=O)N[C@H](C(=O)OC(C)C1CC1)C(C)C)C(C)(C)C)C2(C)C.